The summed E-state index contributed by atoms with van der Waals surface area (Å²) < 4.78 is 5.29. The molecule has 2 amide bonds. The zero-order chi connectivity index (χ0) is 17.6. The van der Waals surface area contributed by atoms with Crippen molar-refractivity contribution in [3.63, 3.8) is 0 Å². The summed E-state index contributed by atoms with van der Waals surface area (Å²) in [5, 5.41) is 2.98. The minimum absolute atomic E-state index is 0.174. The first-order valence-electron chi connectivity index (χ1n) is 9.16. The molecule has 3 rings (SSSR count). The fraction of sp³-hybridized carbons (Fsp3) is 0.722. The number of morpholine rings is 1. The Morgan fingerprint density at radius 3 is 2.48 bits per heavy atom. The molecule has 0 unspecified atom stereocenters. The van der Waals surface area contributed by atoms with E-state index >= 15 is 0 Å². The summed E-state index contributed by atoms with van der Waals surface area (Å²) in [5.74, 6) is 0.976. The second-order valence-corrected chi connectivity index (χ2v) is 7.95. The molecule has 25 heavy (non-hydrogen) atoms. The third kappa shape index (κ3) is 5.25. The Bertz CT molecular complexity index is 590. The molecular formula is C18H27N3O3S. The van der Waals surface area contributed by atoms with E-state index in [2.05, 4.69) is 4.98 Å². The molecule has 0 bridgehead atoms. The van der Waals surface area contributed by atoms with Crippen LogP contribution in [0.1, 0.15) is 36.4 Å². The van der Waals surface area contributed by atoms with Crippen LogP contribution in [0.2, 0.25) is 0 Å². The van der Waals surface area contributed by atoms with Crippen molar-refractivity contribution in [1.29, 1.82) is 0 Å². The molecule has 0 aromatic carbocycles. The lowest BCUT2D eigenvalue weighted by Crippen LogP contribution is -2.41. The summed E-state index contributed by atoms with van der Waals surface area (Å²) in [4.78, 5) is 32.8. The first-order valence-corrected chi connectivity index (χ1v) is 10.0. The minimum Gasteiger partial charge on any atom is -0.378 e. The lowest BCUT2D eigenvalue weighted by atomic mass is 9.91. The number of rotatable bonds is 5. The molecule has 138 valence electrons. The van der Waals surface area contributed by atoms with Crippen LogP contribution in [0.3, 0.4) is 0 Å². The lowest BCUT2D eigenvalue weighted by molar-refractivity contribution is -0.136. The van der Waals surface area contributed by atoms with Gasteiger partial charge in [-0.3, -0.25) is 9.59 Å². The summed E-state index contributed by atoms with van der Waals surface area (Å²) >= 11 is 1.59. The molecule has 2 aliphatic rings. The van der Waals surface area contributed by atoms with Gasteiger partial charge in [0.15, 0.2) is 0 Å². The SMILES string of the molecule is Cc1nc(CC(=O)N2CCC(CCC(=O)N3CCOCC3)CC2)cs1. The van der Waals surface area contributed by atoms with Gasteiger partial charge in [-0.15, -0.1) is 11.3 Å². The van der Waals surface area contributed by atoms with E-state index < -0.39 is 0 Å². The number of amides is 2. The van der Waals surface area contributed by atoms with E-state index in [1.165, 1.54) is 0 Å². The van der Waals surface area contributed by atoms with Crippen LogP contribution < -0.4 is 0 Å². The third-order valence-electron chi connectivity index (χ3n) is 5.10. The van der Waals surface area contributed by atoms with E-state index in [0.717, 1.165) is 56.1 Å². The molecular weight excluding hydrogens is 338 g/mol. The Morgan fingerprint density at radius 1 is 1.16 bits per heavy atom. The fourth-order valence-corrected chi connectivity index (χ4v) is 4.14. The van der Waals surface area contributed by atoms with E-state index in [-0.39, 0.29) is 11.8 Å². The summed E-state index contributed by atoms with van der Waals surface area (Å²) in [7, 11) is 0. The molecule has 0 spiro atoms. The number of nitrogens with zero attached hydrogens (tertiary/aromatic N) is 3. The number of hydrogen-bond donors (Lipinski definition) is 0. The van der Waals surface area contributed by atoms with Gasteiger partial charge in [0, 0.05) is 38.0 Å². The number of ether oxygens (including phenoxy) is 1. The molecule has 0 aliphatic carbocycles. The Hall–Kier alpha value is -1.47. The van der Waals surface area contributed by atoms with Gasteiger partial charge in [-0.1, -0.05) is 0 Å². The number of piperidine rings is 1. The van der Waals surface area contributed by atoms with Crippen LogP contribution in [0.15, 0.2) is 5.38 Å². The first-order chi connectivity index (χ1) is 12.1. The van der Waals surface area contributed by atoms with Gasteiger partial charge in [-0.25, -0.2) is 4.98 Å². The smallest absolute Gasteiger partial charge is 0.228 e. The van der Waals surface area contributed by atoms with Crippen molar-refractivity contribution in [3.05, 3.63) is 16.1 Å². The second kappa shape index (κ2) is 8.76. The predicted molar refractivity (Wildman–Crippen MR) is 96.5 cm³/mol. The van der Waals surface area contributed by atoms with Crippen LogP contribution in [0.25, 0.3) is 0 Å². The predicted octanol–water partition coefficient (Wildman–Crippen LogP) is 1.87. The van der Waals surface area contributed by atoms with Gasteiger partial charge >= 0.3 is 0 Å². The van der Waals surface area contributed by atoms with Crippen molar-refractivity contribution in [1.82, 2.24) is 14.8 Å². The molecule has 0 atom stereocenters. The van der Waals surface area contributed by atoms with Crippen molar-refractivity contribution >= 4 is 23.2 Å². The highest BCUT2D eigenvalue weighted by Gasteiger charge is 2.25. The summed E-state index contributed by atoms with van der Waals surface area (Å²) in [5.41, 5.74) is 0.880. The quantitative estimate of drug-likeness (QED) is 0.799. The highest BCUT2D eigenvalue weighted by molar-refractivity contribution is 7.09. The number of thiazole rings is 1. The molecule has 0 N–H and O–H groups in total. The van der Waals surface area contributed by atoms with Gasteiger partial charge in [0.05, 0.1) is 30.3 Å². The maximum atomic E-state index is 12.4. The molecule has 1 aromatic rings. The molecule has 1 aromatic heterocycles. The standard InChI is InChI=1S/C18H27N3O3S/c1-14-19-16(13-25-14)12-18(23)20-6-4-15(5-7-20)2-3-17(22)21-8-10-24-11-9-21/h13,15H,2-12H2,1H3. The van der Waals surface area contributed by atoms with Crippen LogP contribution in [0.4, 0.5) is 0 Å². The highest BCUT2D eigenvalue weighted by atomic mass is 32.1. The van der Waals surface area contributed by atoms with E-state index in [9.17, 15) is 9.59 Å². The Kier molecular flexibility index (Phi) is 6.42. The van der Waals surface area contributed by atoms with Crippen LogP contribution >= 0.6 is 11.3 Å². The summed E-state index contributed by atoms with van der Waals surface area (Å²) in [6.07, 6.45) is 3.96. The van der Waals surface area contributed by atoms with E-state index in [0.29, 0.717) is 32.0 Å². The van der Waals surface area contributed by atoms with Crippen molar-refractivity contribution in [3.8, 4) is 0 Å². The van der Waals surface area contributed by atoms with Crippen molar-refractivity contribution in [2.24, 2.45) is 5.92 Å². The average Bonchev–Trinajstić information content (AvgIpc) is 3.05. The zero-order valence-electron chi connectivity index (χ0n) is 14.9. The normalized spacial score (nSPS) is 19.2. The van der Waals surface area contributed by atoms with Crippen molar-refractivity contribution in [2.75, 3.05) is 39.4 Å². The molecule has 2 fully saturated rings. The topological polar surface area (TPSA) is 62.7 Å². The third-order valence-corrected chi connectivity index (χ3v) is 5.92. The number of carbonyl (C=O) groups excluding carboxylic acids is 2. The maximum Gasteiger partial charge on any atom is 0.228 e. The van der Waals surface area contributed by atoms with Gasteiger partial charge < -0.3 is 14.5 Å². The average molecular weight is 365 g/mol. The first kappa shape index (κ1) is 18.3. The molecule has 3 heterocycles. The van der Waals surface area contributed by atoms with Gasteiger partial charge in [-0.2, -0.15) is 0 Å². The van der Waals surface area contributed by atoms with E-state index in [1.807, 2.05) is 22.1 Å². The number of aromatic nitrogens is 1. The van der Waals surface area contributed by atoms with Crippen LogP contribution in [0, 0.1) is 12.8 Å². The molecule has 0 radical (unpaired) electrons. The lowest BCUT2D eigenvalue weighted by Gasteiger charge is -2.32. The molecule has 0 saturated carbocycles. The zero-order valence-corrected chi connectivity index (χ0v) is 15.7. The van der Waals surface area contributed by atoms with E-state index in [1.54, 1.807) is 11.3 Å². The molecule has 6 nitrogen and oxygen atoms in total. The van der Waals surface area contributed by atoms with Gasteiger partial charge in [-0.05, 0) is 32.1 Å². The fourth-order valence-electron chi connectivity index (χ4n) is 3.53. The summed E-state index contributed by atoms with van der Waals surface area (Å²) in [6, 6.07) is 0. The Balaban J connectivity index is 1.36. The van der Waals surface area contributed by atoms with Gasteiger partial charge in [0.2, 0.25) is 11.8 Å². The van der Waals surface area contributed by atoms with E-state index in [4.69, 9.17) is 4.74 Å². The van der Waals surface area contributed by atoms with Crippen LogP contribution in [0.5, 0.6) is 0 Å². The molecule has 7 heteroatoms. The second-order valence-electron chi connectivity index (χ2n) is 6.89. The van der Waals surface area contributed by atoms with Crippen LogP contribution in [-0.2, 0) is 20.7 Å². The monoisotopic (exact) mass is 365 g/mol. The number of aryl methyl sites for hydroxylation is 1. The number of hydrogen-bond acceptors (Lipinski definition) is 5. The number of likely N-dealkylation sites (tertiary alicyclic amines) is 1. The van der Waals surface area contributed by atoms with Crippen LogP contribution in [-0.4, -0.2) is 66.0 Å². The highest BCUT2D eigenvalue weighted by Crippen LogP contribution is 2.23. The number of carbonyl (C=O) groups is 2. The minimum atomic E-state index is 0.174. The van der Waals surface area contributed by atoms with Crippen molar-refractivity contribution in [2.45, 2.75) is 39.0 Å². The van der Waals surface area contributed by atoms with Gasteiger partial charge in [0.25, 0.3) is 0 Å². The Labute approximate surface area is 153 Å². The van der Waals surface area contributed by atoms with Gasteiger partial charge in [0.1, 0.15) is 0 Å². The molecule has 2 saturated heterocycles. The Morgan fingerprint density at radius 2 is 1.84 bits per heavy atom. The maximum absolute atomic E-state index is 12.4. The molecule has 2 aliphatic heterocycles. The summed E-state index contributed by atoms with van der Waals surface area (Å²) in [6.45, 7) is 6.33. The largest absolute Gasteiger partial charge is 0.378 e. The van der Waals surface area contributed by atoms with Crippen molar-refractivity contribution < 1.29 is 14.3 Å².